The molecule has 1 N–H and O–H groups in total. The van der Waals surface area contributed by atoms with Crippen molar-refractivity contribution in [2.75, 3.05) is 5.32 Å². The first-order chi connectivity index (χ1) is 6.42. The second-order valence-electron chi connectivity index (χ2n) is 4.26. The Morgan fingerprint density at radius 2 is 2.38 bits per heavy atom. The lowest BCUT2D eigenvalue weighted by molar-refractivity contribution is 0.439. The van der Waals surface area contributed by atoms with Gasteiger partial charge in [-0.05, 0) is 31.1 Å². The number of nitrogens with one attached hydrogen (secondary N) is 1. The molecule has 1 aromatic heterocycles. The smallest absolute Gasteiger partial charge is 0.182 e. The molecule has 1 aromatic rings. The van der Waals surface area contributed by atoms with E-state index in [-0.39, 0.29) is 0 Å². The zero-order valence-electron chi connectivity index (χ0n) is 7.57. The van der Waals surface area contributed by atoms with Gasteiger partial charge in [0.2, 0.25) is 0 Å². The van der Waals surface area contributed by atoms with Gasteiger partial charge in [0.25, 0.3) is 0 Å². The topological polar surface area (TPSA) is 24.9 Å². The summed E-state index contributed by atoms with van der Waals surface area (Å²) < 4.78 is 0. The summed E-state index contributed by atoms with van der Waals surface area (Å²) in [6.07, 6.45) is 7.63. The summed E-state index contributed by atoms with van der Waals surface area (Å²) in [7, 11) is 0. The summed E-state index contributed by atoms with van der Waals surface area (Å²) in [6.45, 7) is 0. The van der Waals surface area contributed by atoms with Crippen molar-refractivity contribution in [2.24, 2.45) is 11.8 Å². The SMILES string of the molecule is c1csc(N[C@H]2C[C@@H]3CC[C@H]2C3)n1. The van der Waals surface area contributed by atoms with E-state index in [0.29, 0.717) is 0 Å². The molecule has 2 fully saturated rings. The van der Waals surface area contributed by atoms with Gasteiger partial charge in [0.15, 0.2) is 5.13 Å². The Hall–Kier alpha value is -0.570. The average molecular weight is 194 g/mol. The van der Waals surface area contributed by atoms with Gasteiger partial charge in [-0.2, -0.15) is 0 Å². The molecule has 0 amide bonds. The van der Waals surface area contributed by atoms with Gasteiger partial charge in [0.05, 0.1) is 0 Å². The molecule has 0 aromatic carbocycles. The summed E-state index contributed by atoms with van der Waals surface area (Å²) in [6, 6.07) is 0.727. The fraction of sp³-hybridized carbons (Fsp3) is 0.700. The lowest BCUT2D eigenvalue weighted by Gasteiger charge is -2.22. The molecule has 3 heteroatoms. The van der Waals surface area contributed by atoms with Gasteiger partial charge in [-0.15, -0.1) is 11.3 Å². The molecule has 3 rings (SSSR count). The molecule has 1 heterocycles. The quantitative estimate of drug-likeness (QED) is 0.783. The highest BCUT2D eigenvalue weighted by molar-refractivity contribution is 7.13. The van der Waals surface area contributed by atoms with Crippen LogP contribution in [0.1, 0.15) is 25.7 Å². The first kappa shape index (κ1) is 7.80. The lowest BCUT2D eigenvalue weighted by atomic mass is 9.96. The van der Waals surface area contributed by atoms with E-state index in [1.165, 1.54) is 25.7 Å². The zero-order valence-corrected chi connectivity index (χ0v) is 8.39. The molecule has 2 aliphatic rings. The van der Waals surface area contributed by atoms with Crippen LogP contribution < -0.4 is 5.32 Å². The molecule has 0 radical (unpaired) electrons. The minimum Gasteiger partial charge on any atom is -0.359 e. The van der Waals surface area contributed by atoms with Gasteiger partial charge in [0, 0.05) is 17.6 Å². The summed E-state index contributed by atoms with van der Waals surface area (Å²) in [5.74, 6) is 1.95. The van der Waals surface area contributed by atoms with Gasteiger partial charge in [-0.25, -0.2) is 4.98 Å². The third kappa shape index (κ3) is 1.35. The van der Waals surface area contributed by atoms with Crippen molar-refractivity contribution >= 4 is 16.5 Å². The fourth-order valence-electron chi connectivity index (χ4n) is 2.87. The number of thiazole rings is 1. The maximum absolute atomic E-state index is 4.27. The Bertz CT molecular complexity index is 283. The number of aromatic nitrogens is 1. The van der Waals surface area contributed by atoms with E-state index < -0.39 is 0 Å². The Balaban J connectivity index is 1.68. The molecular formula is C10H14N2S. The Labute approximate surface area is 82.4 Å². The number of nitrogens with zero attached hydrogens (tertiary/aromatic N) is 1. The second kappa shape index (κ2) is 2.98. The van der Waals surface area contributed by atoms with E-state index >= 15 is 0 Å². The van der Waals surface area contributed by atoms with Crippen LogP contribution in [-0.4, -0.2) is 11.0 Å². The van der Waals surface area contributed by atoms with Gasteiger partial charge in [-0.1, -0.05) is 6.42 Å². The number of rotatable bonds is 2. The lowest BCUT2D eigenvalue weighted by Crippen LogP contribution is -2.25. The van der Waals surface area contributed by atoms with Crippen LogP contribution >= 0.6 is 11.3 Å². The second-order valence-corrected chi connectivity index (χ2v) is 5.16. The number of anilines is 1. The molecule has 2 bridgehead atoms. The maximum atomic E-state index is 4.27. The van der Waals surface area contributed by atoms with Gasteiger partial charge >= 0.3 is 0 Å². The van der Waals surface area contributed by atoms with Crippen molar-refractivity contribution in [1.29, 1.82) is 0 Å². The summed E-state index contributed by atoms with van der Waals surface area (Å²) in [5.41, 5.74) is 0. The first-order valence-corrected chi connectivity index (χ1v) is 5.96. The number of hydrogen-bond acceptors (Lipinski definition) is 3. The number of fused-ring (bicyclic) bond motifs is 2. The van der Waals surface area contributed by atoms with Crippen molar-refractivity contribution in [3.63, 3.8) is 0 Å². The molecule has 0 spiro atoms. The van der Waals surface area contributed by atoms with Crippen LogP contribution in [0.5, 0.6) is 0 Å². The van der Waals surface area contributed by atoms with Crippen LogP contribution in [0.4, 0.5) is 5.13 Å². The Morgan fingerprint density at radius 3 is 3.00 bits per heavy atom. The molecule has 13 heavy (non-hydrogen) atoms. The molecule has 3 atom stereocenters. The minimum absolute atomic E-state index is 0.727. The summed E-state index contributed by atoms with van der Waals surface area (Å²) in [5, 5.41) is 6.71. The fourth-order valence-corrected chi connectivity index (χ4v) is 3.47. The molecular weight excluding hydrogens is 180 g/mol. The van der Waals surface area contributed by atoms with Crippen LogP contribution in [0.15, 0.2) is 11.6 Å². The third-order valence-corrected chi connectivity index (χ3v) is 4.18. The van der Waals surface area contributed by atoms with Crippen LogP contribution in [-0.2, 0) is 0 Å². The highest BCUT2D eigenvalue weighted by Gasteiger charge is 2.39. The van der Waals surface area contributed by atoms with Crippen LogP contribution in [0, 0.1) is 11.8 Å². The predicted molar refractivity (Wildman–Crippen MR) is 55.0 cm³/mol. The molecule has 2 aliphatic carbocycles. The zero-order chi connectivity index (χ0) is 8.67. The molecule has 0 aliphatic heterocycles. The highest BCUT2D eigenvalue weighted by atomic mass is 32.1. The van der Waals surface area contributed by atoms with Crippen molar-refractivity contribution in [3.8, 4) is 0 Å². The van der Waals surface area contributed by atoms with E-state index in [4.69, 9.17) is 0 Å². The predicted octanol–water partition coefficient (Wildman–Crippen LogP) is 2.74. The highest BCUT2D eigenvalue weighted by Crippen LogP contribution is 2.45. The van der Waals surface area contributed by atoms with Crippen LogP contribution in [0.2, 0.25) is 0 Å². The van der Waals surface area contributed by atoms with Crippen LogP contribution in [0.3, 0.4) is 0 Å². The standard InChI is InChI=1S/C10H14N2S/c1-2-8-5-7(1)6-9(8)12-10-11-3-4-13-10/h3-4,7-9H,1-2,5-6H2,(H,11,12)/t7-,8+,9+/m1/s1. The molecule has 2 saturated carbocycles. The monoisotopic (exact) mass is 194 g/mol. The summed E-state index contributed by atoms with van der Waals surface area (Å²) >= 11 is 1.71. The first-order valence-electron chi connectivity index (χ1n) is 5.08. The van der Waals surface area contributed by atoms with Crippen LogP contribution in [0.25, 0.3) is 0 Å². The van der Waals surface area contributed by atoms with Crippen molar-refractivity contribution in [3.05, 3.63) is 11.6 Å². The van der Waals surface area contributed by atoms with Crippen molar-refractivity contribution in [2.45, 2.75) is 31.7 Å². The van der Waals surface area contributed by atoms with Gasteiger partial charge in [-0.3, -0.25) is 0 Å². The van der Waals surface area contributed by atoms with Gasteiger partial charge in [0.1, 0.15) is 0 Å². The Kier molecular flexibility index (Phi) is 1.79. The molecule has 2 nitrogen and oxygen atoms in total. The molecule has 0 unspecified atom stereocenters. The minimum atomic E-state index is 0.727. The van der Waals surface area contributed by atoms with E-state index in [1.54, 1.807) is 11.3 Å². The van der Waals surface area contributed by atoms with E-state index in [0.717, 1.165) is 23.0 Å². The number of hydrogen-bond donors (Lipinski definition) is 1. The molecule has 70 valence electrons. The average Bonchev–Trinajstić information content (AvgIpc) is 2.77. The maximum Gasteiger partial charge on any atom is 0.182 e. The summed E-state index contributed by atoms with van der Waals surface area (Å²) in [4.78, 5) is 4.27. The van der Waals surface area contributed by atoms with Crippen molar-refractivity contribution < 1.29 is 0 Å². The normalized spacial score (nSPS) is 36.8. The molecule has 0 saturated heterocycles. The van der Waals surface area contributed by atoms with E-state index in [2.05, 4.69) is 10.3 Å². The van der Waals surface area contributed by atoms with Crippen molar-refractivity contribution in [1.82, 2.24) is 4.98 Å². The Morgan fingerprint density at radius 1 is 1.38 bits per heavy atom. The van der Waals surface area contributed by atoms with E-state index in [1.807, 2.05) is 11.6 Å². The third-order valence-electron chi connectivity index (χ3n) is 3.48. The van der Waals surface area contributed by atoms with Gasteiger partial charge < -0.3 is 5.32 Å². The van der Waals surface area contributed by atoms with E-state index in [9.17, 15) is 0 Å². The largest absolute Gasteiger partial charge is 0.359 e.